The van der Waals surface area contributed by atoms with Crippen LogP contribution in [0.15, 0.2) is 47.9 Å². The zero-order valence-corrected chi connectivity index (χ0v) is 14.5. The second-order valence-corrected chi connectivity index (χ2v) is 8.43. The normalized spacial score (nSPS) is 25.8. The summed E-state index contributed by atoms with van der Waals surface area (Å²) in [4.78, 5) is 3.34. The molecule has 1 aliphatic rings. The molecule has 3 rings (SSSR count). The predicted molar refractivity (Wildman–Crippen MR) is 90.0 cm³/mol. The number of para-hydroxylation sites is 1. The van der Waals surface area contributed by atoms with E-state index >= 15 is 0 Å². The molecule has 26 heavy (non-hydrogen) atoms. The van der Waals surface area contributed by atoms with Gasteiger partial charge in [0.15, 0.2) is 9.73 Å². The number of imidazole rings is 1. The van der Waals surface area contributed by atoms with Crippen LogP contribution in [0.25, 0.3) is 0 Å². The minimum absolute atomic E-state index is 0.0304. The SMILES string of the molecule is N=S(=O)(c1ccccc1N[C@@H]1CC(Cn2ccnc2)C[C@H]1O)C(F)(F)F. The first kappa shape index (κ1) is 18.7. The van der Waals surface area contributed by atoms with E-state index < -0.39 is 32.3 Å². The number of halogens is 3. The number of nitrogens with one attached hydrogen (secondary N) is 2. The molecule has 3 N–H and O–H groups in total. The lowest BCUT2D eigenvalue weighted by atomic mass is 10.1. The Morgan fingerprint density at radius 1 is 1.35 bits per heavy atom. The second kappa shape index (κ2) is 6.92. The van der Waals surface area contributed by atoms with Crippen LogP contribution in [0.5, 0.6) is 0 Å². The first-order valence-electron chi connectivity index (χ1n) is 8.03. The molecule has 142 valence electrons. The van der Waals surface area contributed by atoms with E-state index in [1.54, 1.807) is 18.7 Å². The summed E-state index contributed by atoms with van der Waals surface area (Å²) in [5.74, 6) is 0.131. The maximum atomic E-state index is 13.0. The fourth-order valence-electron chi connectivity index (χ4n) is 3.28. The van der Waals surface area contributed by atoms with Gasteiger partial charge >= 0.3 is 5.51 Å². The summed E-state index contributed by atoms with van der Waals surface area (Å²) in [5.41, 5.74) is -5.19. The predicted octanol–water partition coefficient (Wildman–Crippen LogP) is 3.06. The van der Waals surface area contributed by atoms with E-state index in [4.69, 9.17) is 4.78 Å². The van der Waals surface area contributed by atoms with E-state index in [2.05, 4.69) is 10.3 Å². The van der Waals surface area contributed by atoms with Crippen LogP contribution in [0.4, 0.5) is 18.9 Å². The highest BCUT2D eigenvalue weighted by Gasteiger charge is 2.44. The molecule has 1 aromatic heterocycles. The fourth-order valence-corrected chi connectivity index (χ4v) is 4.23. The quantitative estimate of drug-likeness (QED) is 0.734. The summed E-state index contributed by atoms with van der Waals surface area (Å²) in [7, 11) is -4.98. The Hall–Kier alpha value is -2.07. The van der Waals surface area contributed by atoms with Crippen LogP contribution in [-0.2, 0) is 16.3 Å². The van der Waals surface area contributed by atoms with Crippen molar-refractivity contribution in [3.8, 4) is 0 Å². The van der Waals surface area contributed by atoms with Gasteiger partial charge in [-0.05, 0) is 30.9 Å². The average molecular weight is 388 g/mol. The molecule has 4 atom stereocenters. The van der Waals surface area contributed by atoms with Crippen LogP contribution >= 0.6 is 0 Å². The maximum absolute atomic E-state index is 13.0. The number of aliphatic hydroxyl groups excluding tert-OH is 1. The van der Waals surface area contributed by atoms with Crippen molar-refractivity contribution in [2.45, 2.75) is 41.9 Å². The van der Waals surface area contributed by atoms with Gasteiger partial charge in [0.25, 0.3) is 0 Å². The summed E-state index contributed by atoms with van der Waals surface area (Å²) >= 11 is 0. The maximum Gasteiger partial charge on any atom is 0.483 e. The van der Waals surface area contributed by atoms with Crippen LogP contribution in [-0.4, -0.2) is 36.5 Å². The molecule has 0 radical (unpaired) electrons. The monoisotopic (exact) mass is 388 g/mol. The summed E-state index contributed by atoms with van der Waals surface area (Å²) in [6, 6.07) is 4.73. The summed E-state index contributed by atoms with van der Waals surface area (Å²) in [6.45, 7) is 0.647. The Kier molecular flexibility index (Phi) is 4.98. The number of benzene rings is 1. The number of rotatable bonds is 5. The number of aliphatic hydroxyl groups is 1. The van der Waals surface area contributed by atoms with Crippen LogP contribution in [0, 0.1) is 10.7 Å². The summed E-state index contributed by atoms with van der Waals surface area (Å²) in [5, 5.41) is 13.1. The Morgan fingerprint density at radius 2 is 2.08 bits per heavy atom. The molecule has 10 heteroatoms. The van der Waals surface area contributed by atoms with Gasteiger partial charge in [0, 0.05) is 18.9 Å². The molecule has 0 saturated heterocycles. The van der Waals surface area contributed by atoms with Crippen molar-refractivity contribution in [1.29, 1.82) is 4.78 Å². The molecular weight excluding hydrogens is 369 g/mol. The zero-order chi connectivity index (χ0) is 18.9. The number of hydrogen-bond acceptors (Lipinski definition) is 5. The van der Waals surface area contributed by atoms with E-state index in [-0.39, 0.29) is 11.6 Å². The zero-order valence-electron chi connectivity index (χ0n) is 13.7. The van der Waals surface area contributed by atoms with Crippen molar-refractivity contribution < 1.29 is 22.5 Å². The first-order valence-corrected chi connectivity index (χ1v) is 9.59. The lowest BCUT2D eigenvalue weighted by Crippen LogP contribution is -2.30. The van der Waals surface area contributed by atoms with Crippen molar-refractivity contribution in [1.82, 2.24) is 9.55 Å². The van der Waals surface area contributed by atoms with Crippen LogP contribution in [0.3, 0.4) is 0 Å². The molecule has 1 heterocycles. The Labute approximate surface area is 149 Å². The van der Waals surface area contributed by atoms with E-state index in [9.17, 15) is 22.5 Å². The number of aromatic nitrogens is 2. The Bertz CT molecular complexity index is 853. The third kappa shape index (κ3) is 3.70. The number of nitrogens with zero attached hydrogens (tertiary/aromatic N) is 2. The lowest BCUT2D eigenvalue weighted by Gasteiger charge is -2.21. The number of alkyl halides is 3. The smallest absolute Gasteiger partial charge is 0.391 e. The Balaban J connectivity index is 1.77. The van der Waals surface area contributed by atoms with E-state index in [0.29, 0.717) is 19.4 Å². The van der Waals surface area contributed by atoms with Crippen molar-refractivity contribution in [3.63, 3.8) is 0 Å². The standard InChI is InChI=1S/C16H19F3N4O2S/c17-16(18,19)26(20,25)15-4-2-1-3-12(15)22-13-7-11(8-14(13)24)9-23-6-5-21-10-23/h1-6,10-11,13-14,20,22,24H,7-9H2/t11?,13-,14-,26?/m1/s1. The van der Waals surface area contributed by atoms with Gasteiger partial charge in [-0.3, -0.25) is 0 Å². The highest BCUT2D eigenvalue weighted by Crippen LogP contribution is 2.37. The highest BCUT2D eigenvalue weighted by molar-refractivity contribution is 7.93. The molecule has 0 bridgehead atoms. The minimum Gasteiger partial charge on any atom is -0.391 e. The third-order valence-electron chi connectivity index (χ3n) is 4.52. The van der Waals surface area contributed by atoms with E-state index in [1.165, 1.54) is 18.2 Å². The number of hydrogen-bond donors (Lipinski definition) is 3. The van der Waals surface area contributed by atoms with Crippen LogP contribution in [0.1, 0.15) is 12.8 Å². The van der Waals surface area contributed by atoms with Gasteiger partial charge in [-0.2, -0.15) is 13.2 Å². The molecule has 1 fully saturated rings. The topological polar surface area (TPSA) is 91.0 Å². The van der Waals surface area contributed by atoms with Crippen LogP contribution in [0.2, 0.25) is 0 Å². The summed E-state index contributed by atoms with van der Waals surface area (Å²) in [6.07, 6.45) is 5.41. The average Bonchev–Trinajstić information content (AvgIpc) is 3.17. The second-order valence-electron chi connectivity index (χ2n) is 6.41. The van der Waals surface area contributed by atoms with Crippen molar-refractivity contribution >= 4 is 15.4 Å². The van der Waals surface area contributed by atoms with Gasteiger partial charge in [0.2, 0.25) is 0 Å². The fraction of sp³-hybridized carbons (Fsp3) is 0.438. The lowest BCUT2D eigenvalue weighted by molar-refractivity contribution is -0.0406. The third-order valence-corrected chi connectivity index (χ3v) is 6.15. The molecule has 0 aliphatic heterocycles. The van der Waals surface area contributed by atoms with Crippen molar-refractivity contribution in [2.24, 2.45) is 5.92 Å². The van der Waals surface area contributed by atoms with Crippen LogP contribution < -0.4 is 5.32 Å². The van der Waals surface area contributed by atoms with Gasteiger partial charge in [-0.15, -0.1) is 0 Å². The van der Waals surface area contributed by atoms with Crippen molar-refractivity contribution in [2.75, 3.05) is 5.32 Å². The Morgan fingerprint density at radius 3 is 2.73 bits per heavy atom. The van der Waals surface area contributed by atoms with Gasteiger partial charge in [-0.25, -0.2) is 14.0 Å². The largest absolute Gasteiger partial charge is 0.483 e. The van der Waals surface area contributed by atoms with E-state index in [0.717, 1.165) is 6.07 Å². The molecule has 2 aromatic rings. The molecule has 2 unspecified atom stereocenters. The molecule has 1 saturated carbocycles. The van der Waals surface area contributed by atoms with Gasteiger partial charge in [0.1, 0.15) is 0 Å². The number of anilines is 1. The minimum atomic E-state index is -5.16. The van der Waals surface area contributed by atoms with Gasteiger partial charge in [-0.1, -0.05) is 12.1 Å². The van der Waals surface area contributed by atoms with Crippen molar-refractivity contribution in [3.05, 3.63) is 43.0 Å². The van der Waals surface area contributed by atoms with Gasteiger partial charge in [0.05, 0.1) is 29.1 Å². The summed E-state index contributed by atoms with van der Waals surface area (Å²) < 4.78 is 60.3. The van der Waals surface area contributed by atoms with Gasteiger partial charge < -0.3 is 15.0 Å². The highest BCUT2D eigenvalue weighted by atomic mass is 32.2. The molecule has 1 aromatic carbocycles. The first-order chi connectivity index (χ1) is 12.2. The molecular formula is C16H19F3N4O2S. The molecule has 1 aliphatic carbocycles. The molecule has 0 spiro atoms. The molecule has 0 amide bonds. The molecule has 6 nitrogen and oxygen atoms in total. The van der Waals surface area contributed by atoms with E-state index in [1.807, 2.05) is 4.57 Å².